The zero-order chi connectivity index (χ0) is 24.1. The molecule has 1 aliphatic heterocycles. The highest BCUT2D eigenvalue weighted by Gasteiger charge is 2.34. The zero-order valence-corrected chi connectivity index (χ0v) is 20.1. The molecule has 7 heteroatoms. The highest BCUT2D eigenvalue weighted by molar-refractivity contribution is 5.55. The number of hydrogen-bond acceptors (Lipinski definition) is 6. The second kappa shape index (κ2) is 10.9. The summed E-state index contributed by atoms with van der Waals surface area (Å²) in [5, 5.41) is 23.0. The minimum absolute atomic E-state index is 0.0256. The van der Waals surface area contributed by atoms with E-state index in [0.717, 1.165) is 37.2 Å². The molecule has 2 radical (unpaired) electrons. The Morgan fingerprint density at radius 3 is 2.62 bits per heavy atom. The second-order valence-electron chi connectivity index (χ2n) is 9.11. The van der Waals surface area contributed by atoms with Crippen LogP contribution in [0, 0.1) is 6.92 Å². The van der Waals surface area contributed by atoms with Gasteiger partial charge >= 0.3 is 0 Å². The molecule has 3 aromatic rings. The highest BCUT2D eigenvalue weighted by Crippen LogP contribution is 2.35. The molecule has 1 aromatic heterocycles. The maximum atomic E-state index is 10.2. The highest BCUT2D eigenvalue weighted by atomic mass is 16.3. The molecule has 0 spiro atoms. The van der Waals surface area contributed by atoms with Crippen molar-refractivity contribution < 1.29 is 5.11 Å². The fourth-order valence-corrected chi connectivity index (χ4v) is 4.78. The lowest BCUT2D eigenvalue weighted by atomic mass is 9.92. The molecule has 0 unspecified atom stereocenters. The first-order chi connectivity index (χ1) is 16.5. The molecule has 1 N–H and O–H groups in total. The Balaban J connectivity index is 1.63. The molecular weight excluding hydrogens is 424 g/mol. The van der Waals surface area contributed by atoms with Crippen LogP contribution >= 0.6 is 0 Å². The van der Waals surface area contributed by atoms with Crippen LogP contribution in [0.4, 0.5) is 0 Å². The van der Waals surface area contributed by atoms with Crippen molar-refractivity contribution in [2.45, 2.75) is 51.4 Å². The van der Waals surface area contributed by atoms with Gasteiger partial charge in [0, 0.05) is 37.3 Å². The average Bonchev–Trinajstić information content (AvgIpc) is 3.30. The number of phenolic OH excluding ortho intramolecular Hbond substituents is 1. The third kappa shape index (κ3) is 5.37. The van der Waals surface area contributed by atoms with Crippen molar-refractivity contribution in [2.24, 2.45) is 0 Å². The molecule has 7 nitrogen and oxygen atoms in total. The number of aromatic nitrogens is 4. The van der Waals surface area contributed by atoms with E-state index in [1.54, 1.807) is 10.9 Å². The van der Waals surface area contributed by atoms with Gasteiger partial charge in [-0.3, -0.25) is 9.80 Å². The van der Waals surface area contributed by atoms with Crippen LogP contribution in [0.1, 0.15) is 43.9 Å². The summed E-state index contributed by atoms with van der Waals surface area (Å²) in [6.45, 7) is 17.5. The van der Waals surface area contributed by atoms with Gasteiger partial charge in [-0.15, -0.1) is 16.8 Å². The van der Waals surface area contributed by atoms with Crippen molar-refractivity contribution >= 4 is 0 Å². The Morgan fingerprint density at radius 1 is 1.12 bits per heavy atom. The predicted octanol–water partition coefficient (Wildman–Crippen LogP) is 4.21. The first-order valence-corrected chi connectivity index (χ1v) is 12.0. The molecule has 1 fully saturated rings. The van der Waals surface area contributed by atoms with Crippen molar-refractivity contribution in [3.8, 4) is 17.1 Å². The lowest BCUT2D eigenvalue weighted by Crippen LogP contribution is -2.57. The third-order valence-electron chi connectivity index (χ3n) is 6.54. The van der Waals surface area contributed by atoms with Gasteiger partial charge in [0.1, 0.15) is 5.75 Å². The number of aryl methyl sites for hydroxylation is 1. The predicted molar refractivity (Wildman–Crippen MR) is 134 cm³/mol. The Labute approximate surface area is 202 Å². The number of benzene rings is 2. The molecule has 0 bridgehead atoms. The Hall–Kier alpha value is -3.03. The minimum Gasteiger partial charge on any atom is -0.508 e. The van der Waals surface area contributed by atoms with Crippen LogP contribution in [0.15, 0.2) is 61.2 Å². The molecule has 1 aliphatic rings. The van der Waals surface area contributed by atoms with Crippen LogP contribution in [0.25, 0.3) is 11.4 Å². The molecule has 2 heterocycles. The molecular formula is C27H34N6O. The summed E-state index contributed by atoms with van der Waals surface area (Å²) in [7, 11) is 0. The Bertz CT molecular complexity index is 1080. The normalized spacial score (nSPS) is 20.3. The van der Waals surface area contributed by atoms with Gasteiger partial charge in [-0.1, -0.05) is 42.5 Å². The van der Waals surface area contributed by atoms with E-state index < -0.39 is 0 Å². The molecule has 0 aliphatic carbocycles. The van der Waals surface area contributed by atoms with Crippen LogP contribution in [-0.2, 0) is 6.54 Å². The standard InChI is InChI=1S/C27H34N6O/c1-5-7-16-33-29-27(28-30-33)23-13-11-22(12-14-23)26(24-9-8-10-25(34)17-24)32-19-20(3)31(15-6-2)18-21(32)4/h1,6,8-14,17,20-21,26,34H,2,5,7,15-16,18-19H2,3-4H3/t20-,21+,26-/m1/s1. The lowest BCUT2D eigenvalue weighted by Gasteiger charge is -2.47. The maximum absolute atomic E-state index is 10.2. The minimum atomic E-state index is 0.0256. The molecule has 0 amide bonds. The number of rotatable bonds is 9. The molecule has 178 valence electrons. The fourth-order valence-electron chi connectivity index (χ4n) is 4.78. The van der Waals surface area contributed by atoms with Gasteiger partial charge < -0.3 is 5.11 Å². The van der Waals surface area contributed by atoms with E-state index in [4.69, 9.17) is 6.92 Å². The van der Waals surface area contributed by atoms with E-state index in [9.17, 15) is 5.11 Å². The molecule has 4 rings (SSSR count). The molecule has 1 saturated heterocycles. The summed E-state index contributed by atoms with van der Waals surface area (Å²) in [5.74, 6) is 0.890. The van der Waals surface area contributed by atoms with Crippen molar-refractivity contribution in [2.75, 3.05) is 19.6 Å². The van der Waals surface area contributed by atoms with E-state index in [1.165, 1.54) is 5.56 Å². The second-order valence-corrected chi connectivity index (χ2v) is 9.11. The van der Waals surface area contributed by atoms with E-state index in [2.05, 4.69) is 76.0 Å². The number of unbranched alkanes of at least 4 members (excludes halogenated alkanes) is 1. The number of aromatic hydroxyl groups is 1. The monoisotopic (exact) mass is 458 g/mol. The number of nitrogens with zero attached hydrogens (tertiary/aromatic N) is 6. The first kappa shape index (κ1) is 24.1. The van der Waals surface area contributed by atoms with Gasteiger partial charge in [-0.2, -0.15) is 4.80 Å². The quantitative estimate of drug-likeness (QED) is 0.485. The molecule has 34 heavy (non-hydrogen) atoms. The summed E-state index contributed by atoms with van der Waals surface area (Å²) in [6.07, 6.45) is 3.39. The summed E-state index contributed by atoms with van der Waals surface area (Å²) >= 11 is 0. The first-order valence-electron chi connectivity index (χ1n) is 12.0. The number of hydrogen-bond donors (Lipinski definition) is 1. The van der Waals surface area contributed by atoms with E-state index in [-0.39, 0.29) is 11.8 Å². The van der Waals surface area contributed by atoms with Crippen LogP contribution < -0.4 is 0 Å². The van der Waals surface area contributed by atoms with Gasteiger partial charge in [0.05, 0.1) is 12.6 Å². The van der Waals surface area contributed by atoms with Crippen LogP contribution in [0.5, 0.6) is 5.75 Å². The smallest absolute Gasteiger partial charge is 0.204 e. The lowest BCUT2D eigenvalue weighted by molar-refractivity contribution is 0.0306. The zero-order valence-electron chi connectivity index (χ0n) is 20.1. The largest absolute Gasteiger partial charge is 0.508 e. The topological polar surface area (TPSA) is 70.3 Å². The van der Waals surface area contributed by atoms with Crippen LogP contribution in [-0.4, -0.2) is 66.8 Å². The van der Waals surface area contributed by atoms with Gasteiger partial charge in [0.25, 0.3) is 0 Å². The van der Waals surface area contributed by atoms with Gasteiger partial charge in [0.15, 0.2) is 0 Å². The Kier molecular flexibility index (Phi) is 7.75. The molecule has 3 atom stereocenters. The number of phenols is 1. The van der Waals surface area contributed by atoms with Gasteiger partial charge in [-0.05, 0) is 62.1 Å². The van der Waals surface area contributed by atoms with Crippen molar-refractivity contribution in [1.29, 1.82) is 0 Å². The molecule has 2 aromatic carbocycles. The van der Waals surface area contributed by atoms with Gasteiger partial charge in [0.2, 0.25) is 5.82 Å². The van der Waals surface area contributed by atoms with Crippen molar-refractivity contribution in [1.82, 2.24) is 30.0 Å². The van der Waals surface area contributed by atoms with Crippen molar-refractivity contribution in [3.63, 3.8) is 0 Å². The SMILES string of the molecule is [CH]CCCn1nnc(-c2ccc([C@H](c3cccc(O)c3)N3C[C@@H](C)N(CC=C)C[C@@H]3C)cc2)n1. The van der Waals surface area contributed by atoms with E-state index in [0.29, 0.717) is 30.9 Å². The fraction of sp³-hybridized carbons (Fsp3) is 0.407. The number of tetrazole rings is 1. The van der Waals surface area contributed by atoms with E-state index in [1.807, 2.05) is 18.2 Å². The third-order valence-corrected chi connectivity index (χ3v) is 6.54. The summed E-state index contributed by atoms with van der Waals surface area (Å²) in [6, 6.07) is 16.7. The average molecular weight is 459 g/mol. The van der Waals surface area contributed by atoms with E-state index >= 15 is 0 Å². The number of piperazine rings is 1. The summed E-state index contributed by atoms with van der Waals surface area (Å²) in [5.41, 5.74) is 3.17. The van der Waals surface area contributed by atoms with Crippen LogP contribution in [0.3, 0.4) is 0 Å². The Morgan fingerprint density at radius 2 is 1.91 bits per heavy atom. The molecule has 0 saturated carbocycles. The summed E-state index contributed by atoms with van der Waals surface area (Å²) < 4.78 is 0. The maximum Gasteiger partial charge on any atom is 0.204 e. The summed E-state index contributed by atoms with van der Waals surface area (Å²) in [4.78, 5) is 6.60. The van der Waals surface area contributed by atoms with Crippen LogP contribution in [0.2, 0.25) is 0 Å². The van der Waals surface area contributed by atoms with Crippen molar-refractivity contribution in [3.05, 3.63) is 79.2 Å². The van der Waals surface area contributed by atoms with Gasteiger partial charge in [-0.25, -0.2) is 0 Å².